The van der Waals surface area contributed by atoms with Crippen LogP contribution in [0.4, 0.5) is 0 Å². The van der Waals surface area contributed by atoms with Crippen molar-refractivity contribution in [2.45, 2.75) is 44.2 Å². The van der Waals surface area contributed by atoms with Gasteiger partial charge in [0.25, 0.3) is 0 Å². The van der Waals surface area contributed by atoms with Gasteiger partial charge in [0, 0.05) is 18.6 Å². The summed E-state index contributed by atoms with van der Waals surface area (Å²) >= 11 is 0. The highest BCUT2D eigenvalue weighted by Crippen LogP contribution is 2.27. The molecule has 0 spiro atoms. The highest BCUT2D eigenvalue weighted by Gasteiger charge is 2.24. The highest BCUT2D eigenvalue weighted by molar-refractivity contribution is 5.35. The highest BCUT2D eigenvalue weighted by atomic mass is 15.4. The van der Waals surface area contributed by atoms with E-state index < -0.39 is 0 Å². The quantitative estimate of drug-likeness (QED) is 0.722. The van der Waals surface area contributed by atoms with E-state index in [1.54, 1.807) is 11.1 Å². The molecule has 0 bridgehead atoms. The lowest BCUT2D eigenvalue weighted by atomic mass is 9.88. The second kappa shape index (κ2) is 4.77. The zero-order valence-electron chi connectivity index (χ0n) is 10.2. The molecule has 1 aromatic carbocycles. The first-order valence-corrected chi connectivity index (χ1v) is 6.69. The molecule has 0 amide bonds. The normalized spacial score (nSPS) is 28.1. The van der Waals surface area contributed by atoms with Crippen molar-refractivity contribution >= 4 is 0 Å². The van der Waals surface area contributed by atoms with Gasteiger partial charge in [0.15, 0.2) is 0 Å². The van der Waals surface area contributed by atoms with Gasteiger partial charge in [-0.1, -0.05) is 18.2 Å². The average molecular weight is 231 g/mol. The van der Waals surface area contributed by atoms with Crippen molar-refractivity contribution < 1.29 is 0 Å². The Balaban J connectivity index is 1.79. The van der Waals surface area contributed by atoms with Crippen LogP contribution in [-0.2, 0) is 12.8 Å². The molecule has 2 unspecified atom stereocenters. The van der Waals surface area contributed by atoms with Crippen molar-refractivity contribution in [1.29, 1.82) is 0 Å². The van der Waals surface area contributed by atoms with Crippen LogP contribution in [0.1, 0.15) is 42.0 Å². The van der Waals surface area contributed by atoms with Crippen molar-refractivity contribution in [1.82, 2.24) is 10.9 Å². The van der Waals surface area contributed by atoms with Crippen LogP contribution in [0, 0.1) is 0 Å². The maximum absolute atomic E-state index is 5.68. The molecular weight excluding hydrogens is 210 g/mol. The van der Waals surface area contributed by atoms with Crippen LogP contribution in [0.25, 0.3) is 0 Å². The van der Waals surface area contributed by atoms with Crippen molar-refractivity contribution in [3.63, 3.8) is 0 Å². The summed E-state index contributed by atoms with van der Waals surface area (Å²) in [6, 6.07) is 7.84. The Morgan fingerprint density at radius 2 is 1.94 bits per heavy atom. The average Bonchev–Trinajstić information content (AvgIpc) is 2.87. The summed E-state index contributed by atoms with van der Waals surface area (Å²) in [5.41, 5.74) is 16.8. The summed E-state index contributed by atoms with van der Waals surface area (Å²) in [6.45, 7) is 0.703. The maximum atomic E-state index is 5.68. The zero-order valence-corrected chi connectivity index (χ0v) is 10.2. The Morgan fingerprint density at radius 1 is 1.12 bits per heavy atom. The third-order valence-electron chi connectivity index (χ3n) is 4.04. The second-order valence-electron chi connectivity index (χ2n) is 5.24. The molecular formula is C14H21N3. The number of aryl methyl sites for hydroxylation is 2. The molecule has 1 fully saturated rings. The van der Waals surface area contributed by atoms with Gasteiger partial charge in [-0.15, -0.1) is 0 Å². The Morgan fingerprint density at radius 3 is 2.71 bits per heavy atom. The van der Waals surface area contributed by atoms with Crippen LogP contribution in [-0.4, -0.2) is 12.6 Å². The number of hydrazine groups is 1. The Kier molecular flexibility index (Phi) is 3.14. The van der Waals surface area contributed by atoms with Crippen LogP contribution in [0.15, 0.2) is 18.2 Å². The van der Waals surface area contributed by atoms with Crippen molar-refractivity contribution in [3.8, 4) is 0 Å². The Labute approximate surface area is 103 Å². The standard InChI is InChI=1S/C14H21N3/c15-9-13-8-14(17-16-13)12-6-5-10-3-1-2-4-11(10)7-12/h5-7,13-14,16-17H,1-4,8-9,15H2. The number of fused-ring (bicyclic) bond motifs is 1. The first-order valence-electron chi connectivity index (χ1n) is 6.69. The van der Waals surface area contributed by atoms with E-state index in [4.69, 9.17) is 5.73 Å². The van der Waals surface area contributed by atoms with E-state index >= 15 is 0 Å². The predicted octanol–water partition coefficient (Wildman–Crippen LogP) is 1.43. The van der Waals surface area contributed by atoms with Gasteiger partial charge in [-0.05, 0) is 48.8 Å². The van der Waals surface area contributed by atoms with Gasteiger partial charge in [-0.2, -0.15) is 0 Å². The van der Waals surface area contributed by atoms with Crippen LogP contribution in [0.2, 0.25) is 0 Å². The minimum atomic E-state index is 0.413. The van der Waals surface area contributed by atoms with Gasteiger partial charge in [0.2, 0.25) is 0 Å². The molecule has 0 radical (unpaired) electrons. The number of benzene rings is 1. The molecule has 1 heterocycles. The van der Waals surface area contributed by atoms with Crippen LogP contribution in [0.3, 0.4) is 0 Å². The van der Waals surface area contributed by atoms with Crippen LogP contribution >= 0.6 is 0 Å². The third kappa shape index (κ3) is 2.23. The fourth-order valence-electron chi connectivity index (χ4n) is 2.97. The summed E-state index contributed by atoms with van der Waals surface area (Å²) in [6.07, 6.45) is 6.30. The molecule has 2 atom stereocenters. The van der Waals surface area contributed by atoms with Crippen molar-refractivity contribution in [3.05, 3.63) is 34.9 Å². The molecule has 1 aromatic rings. The predicted molar refractivity (Wildman–Crippen MR) is 69.6 cm³/mol. The first-order chi connectivity index (χ1) is 8.36. The molecule has 2 aliphatic rings. The Bertz CT molecular complexity index is 402. The molecule has 1 saturated heterocycles. The molecule has 17 heavy (non-hydrogen) atoms. The molecule has 3 nitrogen and oxygen atoms in total. The molecule has 0 aromatic heterocycles. The molecule has 3 heteroatoms. The summed E-state index contributed by atoms with van der Waals surface area (Å²) in [5, 5.41) is 0. The van der Waals surface area contributed by atoms with Gasteiger partial charge >= 0.3 is 0 Å². The van der Waals surface area contributed by atoms with E-state index in [1.165, 1.54) is 31.2 Å². The summed E-state index contributed by atoms with van der Waals surface area (Å²) in [4.78, 5) is 0. The molecule has 1 aliphatic heterocycles. The van der Waals surface area contributed by atoms with Gasteiger partial charge in [-0.25, -0.2) is 5.43 Å². The van der Waals surface area contributed by atoms with Crippen LogP contribution in [0.5, 0.6) is 0 Å². The monoisotopic (exact) mass is 231 g/mol. The summed E-state index contributed by atoms with van der Waals surface area (Å²) < 4.78 is 0. The fraction of sp³-hybridized carbons (Fsp3) is 0.571. The lowest BCUT2D eigenvalue weighted by Crippen LogP contribution is -2.35. The molecule has 1 aliphatic carbocycles. The molecule has 92 valence electrons. The van der Waals surface area contributed by atoms with Gasteiger partial charge in [0.05, 0.1) is 0 Å². The number of rotatable bonds is 2. The lowest BCUT2D eigenvalue weighted by molar-refractivity contribution is 0.546. The maximum Gasteiger partial charge on any atom is 0.0478 e. The van der Waals surface area contributed by atoms with E-state index in [2.05, 4.69) is 29.1 Å². The lowest BCUT2D eigenvalue weighted by Gasteiger charge is -2.18. The van der Waals surface area contributed by atoms with Crippen molar-refractivity contribution in [2.75, 3.05) is 6.54 Å². The summed E-state index contributed by atoms with van der Waals surface area (Å²) in [7, 11) is 0. The van der Waals surface area contributed by atoms with Gasteiger partial charge in [0.1, 0.15) is 0 Å². The molecule has 4 N–H and O–H groups in total. The largest absolute Gasteiger partial charge is 0.329 e. The van der Waals surface area contributed by atoms with E-state index in [9.17, 15) is 0 Å². The van der Waals surface area contributed by atoms with E-state index in [0.717, 1.165) is 6.42 Å². The fourth-order valence-corrected chi connectivity index (χ4v) is 2.97. The first kappa shape index (κ1) is 11.2. The van der Waals surface area contributed by atoms with E-state index in [-0.39, 0.29) is 0 Å². The van der Waals surface area contributed by atoms with Gasteiger partial charge < -0.3 is 5.73 Å². The number of nitrogens with two attached hydrogens (primary N) is 1. The number of hydrogen-bond donors (Lipinski definition) is 3. The number of nitrogens with one attached hydrogen (secondary N) is 2. The SMILES string of the molecule is NCC1CC(c2ccc3c(c2)CCCC3)NN1. The minimum absolute atomic E-state index is 0.413. The van der Waals surface area contributed by atoms with Crippen molar-refractivity contribution in [2.24, 2.45) is 5.73 Å². The zero-order chi connectivity index (χ0) is 11.7. The van der Waals surface area contributed by atoms with Crippen LogP contribution < -0.4 is 16.6 Å². The topological polar surface area (TPSA) is 50.1 Å². The molecule has 3 rings (SSSR count). The minimum Gasteiger partial charge on any atom is -0.329 e. The van der Waals surface area contributed by atoms with E-state index in [0.29, 0.717) is 18.6 Å². The molecule has 0 saturated carbocycles. The van der Waals surface area contributed by atoms with E-state index in [1.807, 2.05) is 0 Å². The van der Waals surface area contributed by atoms with Gasteiger partial charge in [-0.3, -0.25) is 5.43 Å². The smallest absolute Gasteiger partial charge is 0.0478 e. The number of hydrogen-bond acceptors (Lipinski definition) is 3. The summed E-state index contributed by atoms with van der Waals surface area (Å²) in [5.74, 6) is 0. The second-order valence-corrected chi connectivity index (χ2v) is 5.24. The Hall–Kier alpha value is -0.900. The third-order valence-corrected chi connectivity index (χ3v) is 4.04.